The average molecular weight is 261 g/mol. The Kier molecular flexibility index (Phi) is 5.01. The highest BCUT2D eigenvalue weighted by Crippen LogP contribution is 2.18. The van der Waals surface area contributed by atoms with Crippen molar-refractivity contribution in [3.05, 3.63) is 39.4 Å². The van der Waals surface area contributed by atoms with Crippen LogP contribution in [0.1, 0.15) is 35.7 Å². The SMILES string of the molecule is CCCC(C#N)NC(=O)c1ccc([N+](=O)[O-])c(C)c1. The lowest BCUT2D eigenvalue weighted by Crippen LogP contribution is -2.33. The molecule has 19 heavy (non-hydrogen) atoms. The molecule has 0 heterocycles. The van der Waals surface area contributed by atoms with E-state index in [1.165, 1.54) is 18.2 Å². The Morgan fingerprint density at radius 2 is 2.26 bits per heavy atom. The van der Waals surface area contributed by atoms with E-state index >= 15 is 0 Å². The van der Waals surface area contributed by atoms with Gasteiger partial charge in [-0.25, -0.2) is 0 Å². The summed E-state index contributed by atoms with van der Waals surface area (Å²) in [7, 11) is 0. The predicted octanol–water partition coefficient (Wildman–Crippen LogP) is 2.33. The third-order valence-electron chi connectivity index (χ3n) is 2.69. The minimum absolute atomic E-state index is 0.0260. The number of carbonyl (C=O) groups is 1. The Balaban J connectivity index is 2.87. The van der Waals surface area contributed by atoms with E-state index in [2.05, 4.69) is 5.32 Å². The van der Waals surface area contributed by atoms with Crippen LogP contribution in [0.2, 0.25) is 0 Å². The van der Waals surface area contributed by atoms with Gasteiger partial charge in [0.1, 0.15) is 6.04 Å². The molecular formula is C13H15N3O3. The van der Waals surface area contributed by atoms with Crippen molar-refractivity contribution in [2.24, 2.45) is 0 Å². The van der Waals surface area contributed by atoms with E-state index in [0.717, 1.165) is 6.42 Å². The van der Waals surface area contributed by atoms with Crippen LogP contribution >= 0.6 is 0 Å². The van der Waals surface area contributed by atoms with E-state index in [9.17, 15) is 14.9 Å². The molecule has 1 N–H and O–H groups in total. The van der Waals surface area contributed by atoms with Crippen molar-refractivity contribution in [3.63, 3.8) is 0 Å². The summed E-state index contributed by atoms with van der Waals surface area (Å²) in [6, 6.07) is 5.61. The Morgan fingerprint density at radius 3 is 2.74 bits per heavy atom. The van der Waals surface area contributed by atoms with Crippen LogP contribution in [0.25, 0.3) is 0 Å². The van der Waals surface area contributed by atoms with Gasteiger partial charge in [-0.3, -0.25) is 14.9 Å². The standard InChI is InChI=1S/C13H15N3O3/c1-3-4-11(8-14)15-13(17)10-5-6-12(16(18)19)9(2)7-10/h5-7,11H,3-4H2,1-2H3,(H,15,17). The van der Waals surface area contributed by atoms with Crippen LogP contribution in [0.15, 0.2) is 18.2 Å². The summed E-state index contributed by atoms with van der Waals surface area (Å²) in [6.07, 6.45) is 1.37. The molecule has 6 nitrogen and oxygen atoms in total. The van der Waals surface area contributed by atoms with E-state index in [4.69, 9.17) is 5.26 Å². The van der Waals surface area contributed by atoms with Crippen LogP contribution in [0.4, 0.5) is 5.69 Å². The molecule has 1 aromatic carbocycles. The zero-order valence-electron chi connectivity index (χ0n) is 10.8. The number of nitro benzene ring substituents is 1. The van der Waals surface area contributed by atoms with E-state index in [0.29, 0.717) is 17.5 Å². The number of nitro groups is 1. The van der Waals surface area contributed by atoms with E-state index in [1.807, 2.05) is 13.0 Å². The van der Waals surface area contributed by atoms with Crippen molar-refractivity contribution < 1.29 is 9.72 Å². The molecule has 1 amide bonds. The number of hydrogen-bond acceptors (Lipinski definition) is 4. The largest absolute Gasteiger partial charge is 0.336 e. The third kappa shape index (κ3) is 3.78. The van der Waals surface area contributed by atoms with Gasteiger partial charge in [-0.2, -0.15) is 5.26 Å². The molecule has 0 saturated heterocycles. The summed E-state index contributed by atoms with van der Waals surface area (Å²) in [5.74, 6) is -0.391. The highest BCUT2D eigenvalue weighted by atomic mass is 16.6. The van der Waals surface area contributed by atoms with Crippen LogP contribution in [0.3, 0.4) is 0 Å². The molecule has 0 aliphatic carbocycles. The number of carbonyl (C=O) groups excluding carboxylic acids is 1. The first kappa shape index (κ1) is 14.6. The van der Waals surface area contributed by atoms with Crippen molar-refractivity contribution in [1.82, 2.24) is 5.32 Å². The minimum Gasteiger partial charge on any atom is -0.336 e. The lowest BCUT2D eigenvalue weighted by molar-refractivity contribution is -0.385. The lowest BCUT2D eigenvalue weighted by Gasteiger charge is -2.10. The molecule has 0 aliphatic rings. The van der Waals surface area contributed by atoms with Crippen molar-refractivity contribution in [2.75, 3.05) is 0 Å². The quantitative estimate of drug-likeness (QED) is 0.649. The molecule has 0 saturated carbocycles. The van der Waals surface area contributed by atoms with E-state index < -0.39 is 16.9 Å². The number of nitrogens with one attached hydrogen (secondary N) is 1. The molecule has 1 rings (SSSR count). The van der Waals surface area contributed by atoms with Gasteiger partial charge >= 0.3 is 0 Å². The molecule has 0 spiro atoms. The fourth-order valence-corrected chi connectivity index (χ4v) is 1.70. The van der Waals surface area contributed by atoms with Gasteiger partial charge in [0.05, 0.1) is 11.0 Å². The first-order valence-electron chi connectivity index (χ1n) is 5.95. The summed E-state index contributed by atoms with van der Waals surface area (Å²) in [5, 5.41) is 22.1. The first-order chi connectivity index (χ1) is 8.99. The predicted molar refractivity (Wildman–Crippen MR) is 69.6 cm³/mol. The van der Waals surface area contributed by atoms with Crippen LogP contribution in [0.5, 0.6) is 0 Å². The van der Waals surface area contributed by atoms with Gasteiger partial charge in [0.2, 0.25) is 0 Å². The zero-order chi connectivity index (χ0) is 14.4. The Hall–Kier alpha value is -2.42. The van der Waals surface area contributed by atoms with Gasteiger partial charge in [0.25, 0.3) is 11.6 Å². The Labute approximate surface area is 111 Å². The zero-order valence-corrected chi connectivity index (χ0v) is 10.8. The summed E-state index contributed by atoms with van der Waals surface area (Å²) >= 11 is 0. The average Bonchev–Trinajstić information content (AvgIpc) is 2.37. The van der Waals surface area contributed by atoms with Crippen molar-refractivity contribution in [3.8, 4) is 6.07 Å². The smallest absolute Gasteiger partial charge is 0.272 e. The Morgan fingerprint density at radius 1 is 1.58 bits per heavy atom. The van der Waals surface area contributed by atoms with Crippen LogP contribution < -0.4 is 5.32 Å². The maximum atomic E-state index is 11.9. The number of nitriles is 1. The van der Waals surface area contributed by atoms with Gasteiger partial charge < -0.3 is 5.32 Å². The number of hydrogen-bond donors (Lipinski definition) is 1. The number of nitrogens with zero attached hydrogens (tertiary/aromatic N) is 2. The number of rotatable bonds is 5. The highest BCUT2D eigenvalue weighted by Gasteiger charge is 2.16. The number of aryl methyl sites for hydroxylation is 1. The molecule has 6 heteroatoms. The first-order valence-corrected chi connectivity index (χ1v) is 5.95. The van der Waals surface area contributed by atoms with Crippen LogP contribution in [0, 0.1) is 28.4 Å². The van der Waals surface area contributed by atoms with Gasteiger partial charge in [0, 0.05) is 17.2 Å². The van der Waals surface area contributed by atoms with Gasteiger partial charge in [-0.15, -0.1) is 0 Å². The van der Waals surface area contributed by atoms with Gasteiger partial charge in [-0.05, 0) is 25.5 Å². The summed E-state index contributed by atoms with van der Waals surface area (Å²) < 4.78 is 0. The topological polar surface area (TPSA) is 96.0 Å². The van der Waals surface area contributed by atoms with Gasteiger partial charge in [0.15, 0.2) is 0 Å². The van der Waals surface area contributed by atoms with Crippen molar-refractivity contribution in [2.45, 2.75) is 32.7 Å². The fraction of sp³-hybridized carbons (Fsp3) is 0.385. The molecule has 0 radical (unpaired) electrons. The fourth-order valence-electron chi connectivity index (χ4n) is 1.70. The van der Waals surface area contributed by atoms with Crippen molar-refractivity contribution >= 4 is 11.6 Å². The molecule has 1 aromatic rings. The second-order valence-corrected chi connectivity index (χ2v) is 4.20. The molecule has 0 aliphatic heterocycles. The number of benzene rings is 1. The van der Waals surface area contributed by atoms with E-state index in [1.54, 1.807) is 6.92 Å². The van der Waals surface area contributed by atoms with Gasteiger partial charge in [-0.1, -0.05) is 13.3 Å². The monoisotopic (exact) mass is 261 g/mol. The molecule has 1 unspecified atom stereocenters. The third-order valence-corrected chi connectivity index (χ3v) is 2.69. The minimum atomic E-state index is -0.534. The second kappa shape index (κ2) is 6.50. The maximum Gasteiger partial charge on any atom is 0.272 e. The lowest BCUT2D eigenvalue weighted by atomic mass is 10.1. The van der Waals surface area contributed by atoms with Crippen LogP contribution in [-0.2, 0) is 0 Å². The summed E-state index contributed by atoms with van der Waals surface area (Å²) in [6.45, 7) is 3.50. The Bertz CT molecular complexity index is 534. The molecule has 0 bridgehead atoms. The highest BCUT2D eigenvalue weighted by molar-refractivity contribution is 5.95. The molecule has 100 valence electrons. The van der Waals surface area contributed by atoms with E-state index in [-0.39, 0.29) is 5.69 Å². The molecular weight excluding hydrogens is 246 g/mol. The summed E-state index contributed by atoms with van der Waals surface area (Å²) in [4.78, 5) is 22.1. The number of amides is 1. The van der Waals surface area contributed by atoms with Crippen LogP contribution in [-0.4, -0.2) is 16.9 Å². The molecule has 1 atom stereocenters. The van der Waals surface area contributed by atoms with Crippen molar-refractivity contribution in [1.29, 1.82) is 5.26 Å². The second-order valence-electron chi connectivity index (χ2n) is 4.20. The molecule has 0 fully saturated rings. The summed E-state index contributed by atoms with van der Waals surface area (Å²) in [5.41, 5.74) is 0.711. The maximum absolute atomic E-state index is 11.9. The molecule has 0 aromatic heterocycles. The normalized spacial score (nSPS) is 11.4.